The number of carbonyl (C=O) groups is 2. The minimum Gasteiger partial charge on any atom is -0.317 e. The second-order valence-electron chi connectivity index (χ2n) is 13.2. The van der Waals surface area contributed by atoms with Crippen molar-refractivity contribution >= 4 is 56.3 Å². The quantitative estimate of drug-likeness (QED) is 0.156. The first-order chi connectivity index (χ1) is 22.1. The van der Waals surface area contributed by atoms with Crippen LogP contribution in [0, 0.1) is 12.8 Å². The first-order valence-electron chi connectivity index (χ1n) is 15.8. The SMILES string of the molecule is Cc1ccc(-n2nc(C(C)(C)C)cc2NC(=O)Nc2ccccc2C(C(=O)Cc2csc3ccc(Cl)cc23)C2CCNCC2)cc1. The molecule has 1 unspecified atom stereocenters. The number of aromatic nitrogens is 2. The molecule has 2 amide bonds. The van der Waals surface area contributed by atoms with Crippen LogP contribution in [0.2, 0.25) is 5.02 Å². The van der Waals surface area contributed by atoms with Crippen molar-refractivity contribution in [3.05, 3.63) is 106 Å². The van der Waals surface area contributed by atoms with Crippen molar-refractivity contribution in [1.29, 1.82) is 0 Å². The lowest BCUT2D eigenvalue weighted by atomic mass is 9.76. The number of anilines is 2. The number of Topliss-reactive ketones (excluding diaryl/α,β-unsaturated/α-hetero) is 1. The third-order valence-corrected chi connectivity index (χ3v) is 9.97. The molecule has 238 valence electrons. The summed E-state index contributed by atoms with van der Waals surface area (Å²) in [6, 6.07) is 23.1. The summed E-state index contributed by atoms with van der Waals surface area (Å²) in [7, 11) is 0. The number of urea groups is 1. The summed E-state index contributed by atoms with van der Waals surface area (Å²) in [5.74, 6) is 0.509. The van der Waals surface area contributed by atoms with E-state index in [0.29, 0.717) is 22.9 Å². The minimum absolute atomic E-state index is 0.147. The monoisotopic (exact) mass is 653 g/mol. The van der Waals surface area contributed by atoms with Crippen molar-refractivity contribution in [2.75, 3.05) is 23.7 Å². The molecule has 1 saturated heterocycles. The number of rotatable bonds is 8. The maximum Gasteiger partial charge on any atom is 0.324 e. The molecule has 2 aromatic heterocycles. The van der Waals surface area contributed by atoms with E-state index in [2.05, 4.69) is 42.1 Å². The van der Waals surface area contributed by atoms with Gasteiger partial charge in [-0.25, -0.2) is 9.48 Å². The molecule has 7 nitrogen and oxygen atoms in total. The molecular weight excluding hydrogens is 614 g/mol. The summed E-state index contributed by atoms with van der Waals surface area (Å²) >= 11 is 7.96. The van der Waals surface area contributed by atoms with Gasteiger partial charge in [-0.3, -0.25) is 10.1 Å². The number of fused-ring (bicyclic) bond motifs is 1. The average Bonchev–Trinajstić information content (AvgIpc) is 3.63. The van der Waals surface area contributed by atoms with Crippen molar-refractivity contribution in [1.82, 2.24) is 15.1 Å². The number of hydrogen-bond donors (Lipinski definition) is 3. The van der Waals surface area contributed by atoms with Gasteiger partial charge >= 0.3 is 6.03 Å². The van der Waals surface area contributed by atoms with Crippen molar-refractivity contribution in [3.63, 3.8) is 0 Å². The smallest absolute Gasteiger partial charge is 0.317 e. The van der Waals surface area contributed by atoms with Crippen LogP contribution in [0.1, 0.15) is 61.9 Å². The van der Waals surface area contributed by atoms with Crippen LogP contribution in [0.5, 0.6) is 0 Å². The van der Waals surface area contributed by atoms with Crippen LogP contribution in [0.25, 0.3) is 15.8 Å². The topological polar surface area (TPSA) is 88.1 Å². The number of thiophene rings is 1. The Morgan fingerprint density at radius 3 is 2.50 bits per heavy atom. The fraction of sp³-hybridized carbons (Fsp3) is 0.324. The van der Waals surface area contributed by atoms with Gasteiger partial charge in [0.15, 0.2) is 0 Å². The van der Waals surface area contributed by atoms with Crippen LogP contribution >= 0.6 is 22.9 Å². The molecular formula is C37H40ClN5O2S. The van der Waals surface area contributed by atoms with E-state index in [1.807, 2.05) is 79.7 Å². The zero-order valence-corrected chi connectivity index (χ0v) is 28.3. The van der Waals surface area contributed by atoms with Crippen LogP contribution in [0.15, 0.2) is 78.2 Å². The third kappa shape index (κ3) is 7.04. The van der Waals surface area contributed by atoms with Gasteiger partial charge in [0.2, 0.25) is 0 Å². The van der Waals surface area contributed by atoms with Gasteiger partial charge in [0.05, 0.1) is 11.4 Å². The molecule has 0 spiro atoms. The number of halogens is 1. The lowest BCUT2D eigenvalue weighted by molar-refractivity contribution is -0.121. The van der Waals surface area contributed by atoms with Gasteiger partial charge < -0.3 is 10.6 Å². The van der Waals surface area contributed by atoms with Crippen LogP contribution in [-0.4, -0.2) is 34.7 Å². The molecule has 0 aliphatic carbocycles. The summed E-state index contributed by atoms with van der Waals surface area (Å²) < 4.78 is 2.88. The Kier molecular flexibility index (Phi) is 9.32. The van der Waals surface area contributed by atoms with Crippen LogP contribution in [0.4, 0.5) is 16.3 Å². The molecule has 1 atom stereocenters. The van der Waals surface area contributed by atoms with E-state index in [9.17, 15) is 9.59 Å². The van der Waals surface area contributed by atoms with E-state index in [-0.39, 0.29) is 23.0 Å². The summed E-state index contributed by atoms with van der Waals surface area (Å²) in [6.07, 6.45) is 2.08. The fourth-order valence-electron chi connectivity index (χ4n) is 6.23. The molecule has 3 heterocycles. The fourth-order valence-corrected chi connectivity index (χ4v) is 7.34. The Morgan fingerprint density at radius 2 is 1.76 bits per heavy atom. The maximum atomic E-state index is 14.3. The zero-order chi connectivity index (χ0) is 32.4. The molecule has 0 saturated carbocycles. The van der Waals surface area contributed by atoms with Crippen molar-refractivity contribution in [2.45, 2.75) is 58.3 Å². The largest absolute Gasteiger partial charge is 0.324 e. The highest BCUT2D eigenvalue weighted by Crippen LogP contribution is 2.38. The second-order valence-corrected chi connectivity index (χ2v) is 14.5. The van der Waals surface area contributed by atoms with Crippen molar-refractivity contribution in [3.8, 4) is 5.69 Å². The highest BCUT2D eigenvalue weighted by molar-refractivity contribution is 7.17. The second kappa shape index (κ2) is 13.4. The van der Waals surface area contributed by atoms with Crippen LogP contribution in [-0.2, 0) is 16.6 Å². The summed E-state index contributed by atoms with van der Waals surface area (Å²) in [4.78, 5) is 28.0. The molecule has 5 aromatic rings. The maximum absolute atomic E-state index is 14.3. The predicted molar refractivity (Wildman–Crippen MR) is 190 cm³/mol. The third-order valence-electron chi connectivity index (χ3n) is 8.72. The molecule has 1 aliphatic rings. The van der Waals surface area contributed by atoms with E-state index in [0.717, 1.165) is 64.1 Å². The molecule has 0 radical (unpaired) electrons. The molecule has 0 bridgehead atoms. The normalized spacial score (nSPS) is 14.7. The molecule has 3 N–H and O–H groups in total. The van der Waals surface area contributed by atoms with Gasteiger partial charge in [-0.05, 0) is 97.1 Å². The lowest BCUT2D eigenvalue weighted by Crippen LogP contribution is -2.34. The standard InChI is InChI=1S/C37H40ClN5O2S/c1-23-9-12-27(13-10-23)43-34(21-33(42-43)37(2,3)4)41-36(45)40-30-8-6-5-7-28(30)35(24-15-17-39-18-16-24)31(44)19-25-22-46-32-14-11-26(38)20-29(25)32/h5-14,20-22,24,35,39H,15-19H2,1-4H3,(H2,40,41,45). The number of benzene rings is 3. The van der Waals surface area contributed by atoms with Crippen LogP contribution < -0.4 is 16.0 Å². The van der Waals surface area contributed by atoms with Crippen molar-refractivity contribution in [2.24, 2.45) is 5.92 Å². The van der Waals surface area contributed by atoms with Crippen LogP contribution in [0.3, 0.4) is 0 Å². The van der Waals surface area contributed by atoms with E-state index >= 15 is 0 Å². The number of aryl methyl sites for hydroxylation is 1. The number of hydrogen-bond acceptors (Lipinski definition) is 5. The van der Waals surface area contributed by atoms with E-state index in [1.54, 1.807) is 16.0 Å². The Balaban J connectivity index is 1.29. The summed E-state index contributed by atoms with van der Waals surface area (Å²) in [6.45, 7) is 10.1. The van der Waals surface area contributed by atoms with Gasteiger partial charge in [0, 0.05) is 39.2 Å². The molecule has 46 heavy (non-hydrogen) atoms. The molecule has 9 heteroatoms. The first-order valence-corrected chi connectivity index (χ1v) is 17.1. The minimum atomic E-state index is -0.392. The van der Waals surface area contributed by atoms with Gasteiger partial charge in [-0.1, -0.05) is 68.3 Å². The Morgan fingerprint density at radius 1 is 1.02 bits per heavy atom. The zero-order valence-electron chi connectivity index (χ0n) is 26.7. The van der Waals surface area contributed by atoms with E-state index < -0.39 is 6.03 Å². The van der Waals surface area contributed by atoms with Gasteiger partial charge in [0.25, 0.3) is 0 Å². The van der Waals surface area contributed by atoms with Gasteiger partial charge in [-0.15, -0.1) is 11.3 Å². The Hall–Kier alpha value is -3.98. The number of carbonyl (C=O) groups excluding carboxylic acids is 2. The van der Waals surface area contributed by atoms with Crippen molar-refractivity contribution < 1.29 is 9.59 Å². The van der Waals surface area contributed by atoms with Gasteiger partial charge in [-0.2, -0.15) is 5.10 Å². The number of piperidine rings is 1. The number of amides is 2. The number of ketones is 1. The molecule has 1 fully saturated rings. The number of nitrogens with zero attached hydrogens (tertiary/aromatic N) is 2. The van der Waals surface area contributed by atoms with E-state index in [4.69, 9.17) is 16.7 Å². The van der Waals surface area contributed by atoms with E-state index in [1.165, 1.54) is 0 Å². The predicted octanol–water partition coefficient (Wildman–Crippen LogP) is 8.89. The Labute approximate surface area is 279 Å². The summed E-state index contributed by atoms with van der Waals surface area (Å²) in [5.41, 5.74) is 5.12. The number of para-hydroxylation sites is 1. The van der Waals surface area contributed by atoms with Gasteiger partial charge in [0.1, 0.15) is 11.6 Å². The molecule has 6 rings (SSSR count). The molecule has 3 aromatic carbocycles. The average molecular weight is 654 g/mol. The highest BCUT2D eigenvalue weighted by Gasteiger charge is 2.33. The first kappa shape index (κ1) is 32.0. The molecule has 1 aliphatic heterocycles. The summed E-state index contributed by atoms with van der Waals surface area (Å²) in [5, 5.41) is 18.2. The number of nitrogens with one attached hydrogen (secondary N) is 3. The highest BCUT2D eigenvalue weighted by atomic mass is 35.5. The Bertz CT molecular complexity index is 1860. The lowest BCUT2D eigenvalue weighted by Gasteiger charge is -2.31.